The lowest BCUT2D eigenvalue weighted by molar-refractivity contribution is 0.0523. The van der Waals surface area contributed by atoms with E-state index < -0.39 is 11.7 Å². The summed E-state index contributed by atoms with van der Waals surface area (Å²) in [6.07, 6.45) is -0.415. The first-order valence-electron chi connectivity index (χ1n) is 8.22. The average Bonchev–Trinajstić information content (AvgIpc) is 2.58. The Labute approximate surface area is 149 Å². The molecule has 2 aromatic carbocycles. The van der Waals surface area contributed by atoms with E-state index in [1.54, 1.807) is 7.11 Å². The van der Waals surface area contributed by atoms with Crippen LogP contribution in [0.4, 0.5) is 16.2 Å². The summed E-state index contributed by atoms with van der Waals surface area (Å²) in [5.41, 5.74) is 2.59. The van der Waals surface area contributed by atoms with Gasteiger partial charge in [0, 0.05) is 25.0 Å². The number of hydrogen-bond acceptors (Lipinski definition) is 4. The average molecular weight is 342 g/mol. The van der Waals surface area contributed by atoms with Gasteiger partial charge in [-0.05, 0) is 62.7 Å². The van der Waals surface area contributed by atoms with E-state index in [2.05, 4.69) is 10.2 Å². The van der Waals surface area contributed by atoms with Crippen LogP contribution < -0.4 is 15.0 Å². The molecule has 0 unspecified atom stereocenters. The zero-order valence-electron chi connectivity index (χ0n) is 15.5. The van der Waals surface area contributed by atoms with Crippen molar-refractivity contribution in [1.82, 2.24) is 5.32 Å². The number of hydrogen-bond donors (Lipinski definition) is 1. The first-order chi connectivity index (χ1) is 11.8. The number of anilines is 2. The highest BCUT2D eigenvalue weighted by molar-refractivity contribution is 5.68. The zero-order chi connectivity index (χ0) is 18.4. The third-order valence-electron chi connectivity index (χ3n) is 3.59. The van der Waals surface area contributed by atoms with Gasteiger partial charge in [-0.3, -0.25) is 0 Å². The number of ether oxygens (including phenoxy) is 2. The maximum Gasteiger partial charge on any atom is 0.407 e. The number of carbonyl (C=O) groups excluding carboxylic acids is 1. The summed E-state index contributed by atoms with van der Waals surface area (Å²) < 4.78 is 10.4. The molecule has 1 amide bonds. The van der Waals surface area contributed by atoms with Crippen LogP contribution in [-0.2, 0) is 11.3 Å². The van der Waals surface area contributed by atoms with Crippen molar-refractivity contribution in [3.8, 4) is 5.75 Å². The van der Waals surface area contributed by atoms with Crippen molar-refractivity contribution in [2.75, 3.05) is 19.1 Å². The molecule has 0 saturated carbocycles. The second-order valence-electron chi connectivity index (χ2n) is 6.78. The van der Waals surface area contributed by atoms with Gasteiger partial charge in [0.25, 0.3) is 0 Å². The van der Waals surface area contributed by atoms with Gasteiger partial charge in [-0.1, -0.05) is 12.1 Å². The quantitative estimate of drug-likeness (QED) is 0.870. The van der Waals surface area contributed by atoms with Crippen LogP contribution in [0.25, 0.3) is 0 Å². The maximum atomic E-state index is 11.8. The second-order valence-corrected chi connectivity index (χ2v) is 6.78. The Morgan fingerprint density at radius 1 is 1.08 bits per heavy atom. The number of alkyl carbamates (subject to hydrolysis) is 1. The normalized spacial score (nSPS) is 10.9. The number of methoxy groups -OCH3 is 1. The molecule has 0 atom stereocenters. The largest absolute Gasteiger partial charge is 0.497 e. The molecule has 5 heteroatoms. The van der Waals surface area contributed by atoms with E-state index in [4.69, 9.17) is 9.47 Å². The minimum Gasteiger partial charge on any atom is -0.497 e. The van der Waals surface area contributed by atoms with Crippen LogP contribution in [0.5, 0.6) is 5.75 Å². The third-order valence-corrected chi connectivity index (χ3v) is 3.59. The van der Waals surface area contributed by atoms with E-state index in [0.717, 1.165) is 22.7 Å². The van der Waals surface area contributed by atoms with Crippen molar-refractivity contribution in [1.29, 1.82) is 0 Å². The van der Waals surface area contributed by atoms with Gasteiger partial charge >= 0.3 is 6.09 Å². The van der Waals surface area contributed by atoms with Crippen LogP contribution in [0.2, 0.25) is 0 Å². The summed E-state index contributed by atoms with van der Waals surface area (Å²) in [6, 6.07) is 15.9. The molecule has 25 heavy (non-hydrogen) atoms. The Hall–Kier alpha value is -2.69. The van der Waals surface area contributed by atoms with Gasteiger partial charge in [0.05, 0.1) is 7.11 Å². The minimum absolute atomic E-state index is 0.415. The van der Waals surface area contributed by atoms with Crippen molar-refractivity contribution < 1.29 is 14.3 Å². The molecule has 0 bridgehead atoms. The third kappa shape index (κ3) is 5.71. The zero-order valence-corrected chi connectivity index (χ0v) is 15.5. The monoisotopic (exact) mass is 342 g/mol. The molecule has 0 heterocycles. The molecule has 0 saturated heterocycles. The molecule has 0 aliphatic heterocycles. The fourth-order valence-corrected chi connectivity index (χ4v) is 2.32. The molecule has 0 aromatic heterocycles. The molecule has 1 N–H and O–H groups in total. The maximum absolute atomic E-state index is 11.8. The lowest BCUT2D eigenvalue weighted by atomic mass is 10.1. The van der Waals surface area contributed by atoms with Crippen molar-refractivity contribution in [3.63, 3.8) is 0 Å². The Morgan fingerprint density at radius 2 is 1.76 bits per heavy atom. The van der Waals surface area contributed by atoms with Crippen LogP contribution in [0.3, 0.4) is 0 Å². The molecule has 0 spiro atoms. The fraction of sp³-hybridized carbons (Fsp3) is 0.350. The fourth-order valence-electron chi connectivity index (χ4n) is 2.32. The molecule has 5 nitrogen and oxygen atoms in total. The first kappa shape index (κ1) is 18.6. The smallest absolute Gasteiger partial charge is 0.407 e. The summed E-state index contributed by atoms with van der Waals surface area (Å²) in [4.78, 5) is 13.9. The molecular weight excluding hydrogens is 316 g/mol. The summed E-state index contributed by atoms with van der Waals surface area (Å²) in [5.74, 6) is 0.826. The highest BCUT2D eigenvalue weighted by Gasteiger charge is 2.15. The Morgan fingerprint density at radius 3 is 2.36 bits per heavy atom. The lowest BCUT2D eigenvalue weighted by Crippen LogP contribution is -2.32. The van der Waals surface area contributed by atoms with Gasteiger partial charge in [-0.25, -0.2) is 4.79 Å². The van der Waals surface area contributed by atoms with Crippen LogP contribution in [0.15, 0.2) is 48.5 Å². The van der Waals surface area contributed by atoms with Gasteiger partial charge in [-0.15, -0.1) is 0 Å². The predicted molar refractivity (Wildman–Crippen MR) is 101 cm³/mol. The van der Waals surface area contributed by atoms with E-state index in [9.17, 15) is 4.79 Å². The molecule has 0 radical (unpaired) electrons. The van der Waals surface area contributed by atoms with Crippen molar-refractivity contribution in [2.24, 2.45) is 0 Å². The van der Waals surface area contributed by atoms with Crippen LogP contribution >= 0.6 is 0 Å². The Kier molecular flexibility index (Phi) is 5.91. The summed E-state index contributed by atoms with van der Waals surface area (Å²) >= 11 is 0. The van der Waals surface area contributed by atoms with Crippen molar-refractivity contribution in [2.45, 2.75) is 32.9 Å². The molecule has 0 aliphatic rings. The Bertz CT molecular complexity index is 706. The van der Waals surface area contributed by atoms with Gasteiger partial charge in [0.2, 0.25) is 0 Å². The van der Waals surface area contributed by atoms with E-state index in [1.807, 2.05) is 76.3 Å². The van der Waals surface area contributed by atoms with Crippen LogP contribution in [0, 0.1) is 0 Å². The van der Waals surface area contributed by atoms with Gasteiger partial charge in [0.15, 0.2) is 0 Å². The number of benzene rings is 2. The van der Waals surface area contributed by atoms with Gasteiger partial charge in [0.1, 0.15) is 11.4 Å². The van der Waals surface area contributed by atoms with Crippen LogP contribution in [0.1, 0.15) is 26.3 Å². The number of carbonyl (C=O) groups is 1. The Balaban J connectivity index is 2.03. The lowest BCUT2D eigenvalue weighted by Gasteiger charge is -2.21. The number of nitrogens with one attached hydrogen (secondary N) is 1. The highest BCUT2D eigenvalue weighted by atomic mass is 16.6. The molecular formula is C20H26N2O3. The van der Waals surface area contributed by atoms with Crippen molar-refractivity contribution in [3.05, 3.63) is 54.1 Å². The van der Waals surface area contributed by atoms with Crippen LogP contribution in [-0.4, -0.2) is 25.9 Å². The van der Waals surface area contributed by atoms with E-state index in [1.165, 1.54) is 0 Å². The summed E-state index contributed by atoms with van der Waals surface area (Å²) in [6.45, 7) is 5.95. The topological polar surface area (TPSA) is 50.8 Å². The standard InChI is InChI=1S/C20H26N2O3/c1-20(2,3)25-19(23)21-14-15-7-6-8-17(13-15)22(4)16-9-11-18(24-5)12-10-16/h6-13H,14H2,1-5H3,(H,21,23). The SMILES string of the molecule is COc1ccc(N(C)c2cccc(CNC(=O)OC(C)(C)C)c2)cc1. The second kappa shape index (κ2) is 7.92. The first-order valence-corrected chi connectivity index (χ1v) is 8.22. The molecule has 0 fully saturated rings. The molecule has 2 aromatic rings. The van der Waals surface area contributed by atoms with E-state index >= 15 is 0 Å². The molecule has 2 rings (SSSR count). The number of amides is 1. The van der Waals surface area contributed by atoms with E-state index in [0.29, 0.717) is 6.54 Å². The molecule has 0 aliphatic carbocycles. The number of rotatable bonds is 5. The summed E-state index contributed by atoms with van der Waals surface area (Å²) in [5, 5.41) is 2.78. The van der Waals surface area contributed by atoms with E-state index in [-0.39, 0.29) is 0 Å². The minimum atomic E-state index is -0.499. The van der Waals surface area contributed by atoms with Gasteiger partial charge in [-0.2, -0.15) is 0 Å². The predicted octanol–water partition coefficient (Wildman–Crippen LogP) is 4.49. The van der Waals surface area contributed by atoms with Crippen molar-refractivity contribution >= 4 is 17.5 Å². The number of nitrogens with zero attached hydrogens (tertiary/aromatic N) is 1. The summed E-state index contributed by atoms with van der Waals surface area (Å²) in [7, 11) is 3.65. The highest BCUT2D eigenvalue weighted by Crippen LogP contribution is 2.26. The molecule has 134 valence electrons. The van der Waals surface area contributed by atoms with Gasteiger partial charge < -0.3 is 19.7 Å².